The second-order valence-corrected chi connectivity index (χ2v) is 9.74. The van der Waals surface area contributed by atoms with Crippen LogP contribution in [0.3, 0.4) is 0 Å². The molecule has 8 heteroatoms. The zero-order valence-electron chi connectivity index (χ0n) is 19.5. The van der Waals surface area contributed by atoms with Gasteiger partial charge in [-0.05, 0) is 49.8 Å². The molecule has 0 fully saturated rings. The van der Waals surface area contributed by atoms with Gasteiger partial charge in [0.25, 0.3) is 5.91 Å². The van der Waals surface area contributed by atoms with Crippen LogP contribution in [-0.4, -0.2) is 34.1 Å². The minimum Gasteiger partial charge on any atom is -0.463 e. The van der Waals surface area contributed by atoms with Gasteiger partial charge in [-0.3, -0.25) is 9.69 Å². The van der Waals surface area contributed by atoms with E-state index in [-0.39, 0.29) is 29.5 Å². The molecule has 3 aliphatic rings. The molecule has 0 spiro atoms. The van der Waals surface area contributed by atoms with Gasteiger partial charge in [0.2, 0.25) is 0 Å². The first-order valence-corrected chi connectivity index (χ1v) is 12.9. The Hall–Kier alpha value is -3.57. The Morgan fingerprint density at radius 2 is 2.03 bits per heavy atom. The van der Waals surface area contributed by atoms with Gasteiger partial charge in [0, 0.05) is 17.1 Å². The standard InChI is InChI=1S/C27H26N4O3S/c1-2-34-27(33)23-21-15-35-25-18(13-17-11-7-4-8-12-20(17)30-25)26(32)31(21)24(29)19(14-28)22(23)16-9-5-3-6-10-16/h3,5-6,9-10,13,22H,2,4,7-8,11-12,15,29H2,1H3. The van der Waals surface area contributed by atoms with Crippen molar-refractivity contribution in [2.45, 2.75) is 50.0 Å². The molecule has 178 valence electrons. The van der Waals surface area contributed by atoms with E-state index in [1.807, 2.05) is 36.4 Å². The summed E-state index contributed by atoms with van der Waals surface area (Å²) in [6.45, 7) is 1.91. The molecule has 1 aromatic heterocycles. The van der Waals surface area contributed by atoms with E-state index >= 15 is 0 Å². The van der Waals surface area contributed by atoms with Crippen LogP contribution in [0.1, 0.15) is 59.3 Å². The van der Waals surface area contributed by atoms with E-state index < -0.39 is 11.9 Å². The molecule has 1 atom stereocenters. The van der Waals surface area contributed by atoms with E-state index in [1.54, 1.807) is 6.92 Å². The Morgan fingerprint density at radius 1 is 1.26 bits per heavy atom. The molecule has 1 amide bonds. The second kappa shape index (κ2) is 9.59. The summed E-state index contributed by atoms with van der Waals surface area (Å²) >= 11 is 1.43. The van der Waals surface area contributed by atoms with Crippen molar-refractivity contribution in [1.29, 1.82) is 5.26 Å². The third kappa shape index (κ3) is 4.00. The van der Waals surface area contributed by atoms with E-state index in [0.717, 1.165) is 48.9 Å². The summed E-state index contributed by atoms with van der Waals surface area (Å²) in [5.74, 6) is -1.27. The maximum absolute atomic E-state index is 13.9. The molecule has 0 bridgehead atoms. The van der Waals surface area contributed by atoms with Gasteiger partial charge < -0.3 is 10.5 Å². The van der Waals surface area contributed by atoms with E-state index in [4.69, 9.17) is 15.5 Å². The van der Waals surface area contributed by atoms with Gasteiger partial charge in [0.05, 0.1) is 35.3 Å². The van der Waals surface area contributed by atoms with Gasteiger partial charge in [-0.15, -0.1) is 0 Å². The lowest BCUT2D eigenvalue weighted by molar-refractivity contribution is -0.138. The second-order valence-electron chi connectivity index (χ2n) is 8.77. The zero-order chi connectivity index (χ0) is 24.5. The van der Waals surface area contributed by atoms with Crippen molar-refractivity contribution in [3.63, 3.8) is 0 Å². The Bertz CT molecular complexity index is 1310. The number of fused-ring (bicyclic) bond motifs is 3. The van der Waals surface area contributed by atoms with E-state index in [0.29, 0.717) is 22.0 Å². The topological polar surface area (TPSA) is 109 Å². The Kier molecular flexibility index (Phi) is 6.35. The number of benzene rings is 1. The van der Waals surface area contributed by atoms with Crippen molar-refractivity contribution in [3.05, 3.63) is 81.4 Å². The normalized spacial score (nSPS) is 19.7. The van der Waals surface area contributed by atoms with Crippen LogP contribution < -0.4 is 5.73 Å². The fraction of sp³-hybridized carbons (Fsp3) is 0.333. The molecule has 1 aromatic carbocycles. The number of nitrogens with two attached hydrogens (primary N) is 1. The summed E-state index contributed by atoms with van der Waals surface area (Å²) < 4.78 is 5.43. The summed E-state index contributed by atoms with van der Waals surface area (Å²) in [5, 5.41) is 10.8. The van der Waals surface area contributed by atoms with Crippen LogP contribution in [0.2, 0.25) is 0 Å². The lowest BCUT2D eigenvalue weighted by Crippen LogP contribution is -2.41. The fourth-order valence-corrected chi connectivity index (χ4v) is 6.11. The highest BCUT2D eigenvalue weighted by Gasteiger charge is 2.43. The maximum atomic E-state index is 13.9. The van der Waals surface area contributed by atoms with Crippen LogP contribution in [0.15, 0.2) is 64.1 Å². The molecule has 0 saturated heterocycles. The minimum absolute atomic E-state index is 0.0535. The van der Waals surface area contributed by atoms with Crippen molar-refractivity contribution < 1.29 is 14.3 Å². The Balaban J connectivity index is 1.71. The van der Waals surface area contributed by atoms with Crippen LogP contribution in [0, 0.1) is 11.3 Å². The lowest BCUT2D eigenvalue weighted by atomic mass is 9.81. The summed E-state index contributed by atoms with van der Waals surface area (Å²) in [7, 11) is 0. The van der Waals surface area contributed by atoms with Crippen LogP contribution in [0.5, 0.6) is 0 Å². The number of carbonyl (C=O) groups excluding carboxylic acids is 2. The number of carbonyl (C=O) groups is 2. The maximum Gasteiger partial charge on any atom is 0.336 e. The van der Waals surface area contributed by atoms with Crippen LogP contribution in [-0.2, 0) is 22.4 Å². The minimum atomic E-state index is -0.717. The number of amides is 1. The predicted octanol–water partition coefficient (Wildman–Crippen LogP) is 4.21. The highest BCUT2D eigenvalue weighted by atomic mass is 32.2. The van der Waals surface area contributed by atoms with Gasteiger partial charge in [0.1, 0.15) is 10.8 Å². The number of nitrogens with zero attached hydrogens (tertiary/aromatic N) is 3. The number of esters is 1. The Labute approximate surface area is 208 Å². The van der Waals surface area contributed by atoms with E-state index in [1.165, 1.54) is 16.7 Å². The molecule has 2 N–H and O–H groups in total. The quantitative estimate of drug-likeness (QED) is 0.511. The number of aryl methyl sites for hydroxylation is 2. The monoisotopic (exact) mass is 486 g/mol. The Morgan fingerprint density at radius 3 is 2.77 bits per heavy atom. The number of rotatable bonds is 3. The first kappa shape index (κ1) is 23.2. The predicted molar refractivity (Wildman–Crippen MR) is 132 cm³/mol. The first-order chi connectivity index (χ1) is 17.0. The number of ether oxygens (including phenoxy) is 1. The molecule has 5 rings (SSSR count). The van der Waals surface area contributed by atoms with Gasteiger partial charge in [-0.1, -0.05) is 48.5 Å². The molecular weight excluding hydrogens is 460 g/mol. The van der Waals surface area contributed by atoms with Gasteiger partial charge in [-0.2, -0.15) is 5.26 Å². The van der Waals surface area contributed by atoms with E-state index in [2.05, 4.69) is 6.07 Å². The molecule has 1 unspecified atom stereocenters. The third-order valence-electron chi connectivity index (χ3n) is 6.72. The van der Waals surface area contributed by atoms with Crippen LogP contribution in [0.25, 0.3) is 0 Å². The van der Waals surface area contributed by atoms with E-state index in [9.17, 15) is 14.9 Å². The average Bonchev–Trinajstić information content (AvgIpc) is 3.18. The molecule has 3 heterocycles. The summed E-state index contributed by atoms with van der Waals surface area (Å²) in [6, 6.07) is 13.4. The average molecular weight is 487 g/mol. The van der Waals surface area contributed by atoms with Gasteiger partial charge >= 0.3 is 5.97 Å². The molecular formula is C27H26N4O3S. The lowest BCUT2D eigenvalue weighted by Gasteiger charge is -2.35. The van der Waals surface area contributed by atoms with Crippen molar-refractivity contribution in [1.82, 2.24) is 9.88 Å². The fourth-order valence-electron chi connectivity index (χ4n) is 5.08. The van der Waals surface area contributed by atoms with Crippen molar-refractivity contribution >= 4 is 23.6 Å². The van der Waals surface area contributed by atoms with Crippen molar-refractivity contribution in [2.75, 3.05) is 12.4 Å². The van der Waals surface area contributed by atoms with Crippen LogP contribution in [0.4, 0.5) is 0 Å². The number of aromatic nitrogens is 1. The number of hydrogen-bond acceptors (Lipinski definition) is 7. The number of hydrogen-bond donors (Lipinski definition) is 1. The summed E-state index contributed by atoms with van der Waals surface area (Å²) in [6.07, 6.45) is 5.08. The van der Waals surface area contributed by atoms with Gasteiger partial charge in [0.15, 0.2) is 0 Å². The molecule has 7 nitrogen and oxygen atoms in total. The largest absolute Gasteiger partial charge is 0.463 e. The number of thioether (sulfide) groups is 1. The van der Waals surface area contributed by atoms with Crippen molar-refractivity contribution in [3.8, 4) is 6.07 Å². The zero-order valence-corrected chi connectivity index (χ0v) is 20.4. The third-order valence-corrected chi connectivity index (χ3v) is 7.72. The first-order valence-electron chi connectivity index (χ1n) is 11.9. The number of pyridine rings is 1. The SMILES string of the molecule is CCOC(=O)C1=C2CSc3nc4c(cc3C(=O)N2C(N)=C(C#N)C1c1ccccc1)CCCCC4. The summed E-state index contributed by atoms with van der Waals surface area (Å²) in [5.41, 5.74) is 10.8. The van der Waals surface area contributed by atoms with Crippen LogP contribution >= 0.6 is 11.8 Å². The molecule has 1 aliphatic carbocycles. The van der Waals surface area contributed by atoms with Crippen molar-refractivity contribution in [2.24, 2.45) is 5.73 Å². The highest BCUT2D eigenvalue weighted by molar-refractivity contribution is 7.99. The molecule has 2 aliphatic heterocycles. The smallest absolute Gasteiger partial charge is 0.336 e. The number of nitriles is 1. The molecule has 0 saturated carbocycles. The molecule has 0 radical (unpaired) electrons. The van der Waals surface area contributed by atoms with Gasteiger partial charge in [-0.25, -0.2) is 9.78 Å². The molecule has 35 heavy (non-hydrogen) atoms. The summed E-state index contributed by atoms with van der Waals surface area (Å²) in [4.78, 5) is 33.5. The number of allylic oxidation sites excluding steroid dienone is 1. The molecule has 2 aromatic rings. The highest BCUT2D eigenvalue weighted by Crippen LogP contribution is 2.45.